The minimum Gasteiger partial charge on any atom is -0.350 e. The normalized spacial score (nSPS) is 17.7. The molecule has 2 radical (unpaired) electrons. The zero-order valence-electron chi connectivity index (χ0n) is 9.04. The molecule has 1 saturated heterocycles. The Morgan fingerprint density at radius 3 is 2.07 bits per heavy atom. The molecule has 0 aromatic heterocycles. The van der Waals surface area contributed by atoms with Gasteiger partial charge in [-0.3, -0.25) is 0 Å². The first-order chi connectivity index (χ1) is 6.93. The van der Waals surface area contributed by atoms with Crippen LogP contribution in [0.3, 0.4) is 0 Å². The molecule has 0 spiro atoms. The molecule has 0 aromatic carbocycles. The van der Waals surface area contributed by atoms with Crippen molar-refractivity contribution in [3.8, 4) is 0 Å². The molecule has 1 aliphatic rings. The highest BCUT2D eigenvalue weighted by atomic mass is 16.7. The molecule has 2 nitrogen and oxygen atoms in total. The predicted molar refractivity (Wildman–Crippen MR) is 58.6 cm³/mol. The molecule has 0 unspecified atom stereocenters. The second-order valence-corrected chi connectivity index (χ2v) is 3.87. The summed E-state index contributed by atoms with van der Waals surface area (Å²) in [6.45, 7) is 1.56. The van der Waals surface area contributed by atoms with E-state index in [0.717, 1.165) is 26.0 Å². The molecule has 80 valence electrons. The van der Waals surface area contributed by atoms with E-state index < -0.39 is 0 Å². The first-order valence-electron chi connectivity index (χ1n) is 5.87. The number of hydrogen-bond acceptors (Lipinski definition) is 2. The van der Waals surface area contributed by atoms with Gasteiger partial charge in [-0.1, -0.05) is 38.4 Å². The van der Waals surface area contributed by atoms with Gasteiger partial charge in [0.25, 0.3) is 0 Å². The van der Waals surface area contributed by atoms with Crippen molar-refractivity contribution in [2.75, 3.05) is 13.2 Å². The molecule has 0 amide bonds. The van der Waals surface area contributed by atoms with Crippen LogP contribution in [0.15, 0.2) is 0 Å². The molecule has 1 heterocycles. The molecule has 0 bridgehead atoms. The Morgan fingerprint density at radius 1 is 0.857 bits per heavy atom. The summed E-state index contributed by atoms with van der Waals surface area (Å²) in [7, 11) is 5.42. The van der Waals surface area contributed by atoms with Crippen LogP contribution < -0.4 is 0 Å². The number of unbranched alkanes of at least 4 members (excludes halogenated alkanes) is 5. The predicted octanol–water partition coefficient (Wildman–Crippen LogP) is 2.68. The topological polar surface area (TPSA) is 18.5 Å². The lowest BCUT2D eigenvalue weighted by Gasteiger charge is -2.07. The molecule has 0 N–H and O–H groups in total. The van der Waals surface area contributed by atoms with E-state index in [2.05, 4.69) is 0 Å². The molecule has 0 atom stereocenters. The van der Waals surface area contributed by atoms with Gasteiger partial charge in [-0.15, -0.1) is 0 Å². The van der Waals surface area contributed by atoms with Crippen LogP contribution in [-0.2, 0) is 9.47 Å². The van der Waals surface area contributed by atoms with Gasteiger partial charge in [0.15, 0.2) is 6.29 Å². The van der Waals surface area contributed by atoms with E-state index in [1.165, 1.54) is 38.5 Å². The smallest absolute Gasteiger partial charge is 0.157 e. The molecular formula is C11H21BO2. The van der Waals surface area contributed by atoms with Gasteiger partial charge in [-0.25, -0.2) is 0 Å². The standard InChI is InChI=1S/C11H21BO2/c12-8-6-4-2-1-3-5-7-11-13-9-10-14-11/h11H,1-10H2. The summed E-state index contributed by atoms with van der Waals surface area (Å²) in [6.07, 6.45) is 9.64. The second-order valence-electron chi connectivity index (χ2n) is 3.87. The summed E-state index contributed by atoms with van der Waals surface area (Å²) in [5.74, 6) is 0. The summed E-state index contributed by atoms with van der Waals surface area (Å²) in [5.41, 5.74) is 0. The van der Waals surface area contributed by atoms with Crippen LogP contribution in [0.25, 0.3) is 0 Å². The summed E-state index contributed by atoms with van der Waals surface area (Å²) in [4.78, 5) is 0. The molecule has 1 rings (SSSR count). The third kappa shape index (κ3) is 5.66. The van der Waals surface area contributed by atoms with Crippen LogP contribution in [0.4, 0.5) is 0 Å². The van der Waals surface area contributed by atoms with E-state index in [1.807, 2.05) is 0 Å². The summed E-state index contributed by atoms with van der Waals surface area (Å²) >= 11 is 0. The molecular weight excluding hydrogens is 175 g/mol. The van der Waals surface area contributed by atoms with E-state index in [0.29, 0.717) is 0 Å². The molecule has 0 aromatic rings. The van der Waals surface area contributed by atoms with Crippen molar-refractivity contribution in [1.82, 2.24) is 0 Å². The van der Waals surface area contributed by atoms with Crippen LogP contribution in [-0.4, -0.2) is 27.4 Å². The van der Waals surface area contributed by atoms with Crippen molar-refractivity contribution in [2.45, 2.75) is 57.6 Å². The van der Waals surface area contributed by atoms with Crippen molar-refractivity contribution < 1.29 is 9.47 Å². The van der Waals surface area contributed by atoms with Gasteiger partial charge in [0.2, 0.25) is 0 Å². The maximum Gasteiger partial charge on any atom is 0.157 e. The van der Waals surface area contributed by atoms with Crippen LogP contribution in [0.5, 0.6) is 0 Å². The van der Waals surface area contributed by atoms with E-state index in [1.54, 1.807) is 0 Å². The lowest BCUT2D eigenvalue weighted by Crippen LogP contribution is -2.06. The Bertz CT molecular complexity index is 124. The van der Waals surface area contributed by atoms with Crippen LogP contribution in [0.1, 0.15) is 44.9 Å². The van der Waals surface area contributed by atoms with Crippen LogP contribution in [0, 0.1) is 0 Å². The maximum atomic E-state index is 5.42. The minimum absolute atomic E-state index is 0.0963. The van der Waals surface area contributed by atoms with Gasteiger partial charge in [0, 0.05) is 0 Å². The lowest BCUT2D eigenvalue weighted by molar-refractivity contribution is -0.0480. The summed E-state index contributed by atoms with van der Waals surface area (Å²) < 4.78 is 10.7. The molecule has 3 heteroatoms. The minimum atomic E-state index is 0.0963. The Labute approximate surface area is 88.8 Å². The Balaban J connectivity index is 1.75. The van der Waals surface area contributed by atoms with Crippen molar-refractivity contribution in [2.24, 2.45) is 0 Å². The summed E-state index contributed by atoms with van der Waals surface area (Å²) in [6, 6.07) is 0. The average Bonchev–Trinajstić information content (AvgIpc) is 2.69. The fraction of sp³-hybridized carbons (Fsp3) is 1.00. The van der Waals surface area contributed by atoms with E-state index in [9.17, 15) is 0 Å². The number of ether oxygens (including phenoxy) is 2. The monoisotopic (exact) mass is 196 g/mol. The summed E-state index contributed by atoms with van der Waals surface area (Å²) in [5, 5.41) is 0. The highest BCUT2D eigenvalue weighted by molar-refractivity contribution is 6.08. The lowest BCUT2D eigenvalue weighted by atomic mass is 9.98. The average molecular weight is 196 g/mol. The first kappa shape index (κ1) is 12.1. The van der Waals surface area contributed by atoms with Gasteiger partial charge in [-0.2, -0.15) is 0 Å². The van der Waals surface area contributed by atoms with Gasteiger partial charge in [0.1, 0.15) is 0 Å². The Kier molecular flexibility index (Phi) is 7.15. The molecule has 14 heavy (non-hydrogen) atoms. The SMILES string of the molecule is [B]CCCCCCCCC1OCCO1. The molecule has 1 fully saturated rings. The van der Waals surface area contributed by atoms with Crippen molar-refractivity contribution in [3.05, 3.63) is 0 Å². The molecule has 1 aliphatic heterocycles. The number of hydrogen-bond donors (Lipinski definition) is 0. The first-order valence-corrected chi connectivity index (χ1v) is 5.87. The van der Waals surface area contributed by atoms with Gasteiger partial charge in [0.05, 0.1) is 21.1 Å². The van der Waals surface area contributed by atoms with Crippen molar-refractivity contribution >= 4 is 7.85 Å². The zero-order valence-corrected chi connectivity index (χ0v) is 9.04. The third-order valence-electron chi connectivity index (χ3n) is 2.58. The highest BCUT2D eigenvalue weighted by Crippen LogP contribution is 2.14. The highest BCUT2D eigenvalue weighted by Gasteiger charge is 2.14. The Morgan fingerprint density at radius 2 is 1.43 bits per heavy atom. The van der Waals surface area contributed by atoms with Gasteiger partial charge in [-0.05, 0) is 12.8 Å². The van der Waals surface area contributed by atoms with Crippen molar-refractivity contribution in [1.29, 1.82) is 0 Å². The quantitative estimate of drug-likeness (QED) is 0.439. The van der Waals surface area contributed by atoms with Crippen LogP contribution in [0.2, 0.25) is 6.32 Å². The van der Waals surface area contributed by atoms with E-state index in [-0.39, 0.29) is 6.29 Å². The fourth-order valence-electron chi connectivity index (χ4n) is 1.74. The van der Waals surface area contributed by atoms with E-state index >= 15 is 0 Å². The fourth-order valence-corrected chi connectivity index (χ4v) is 1.74. The largest absolute Gasteiger partial charge is 0.350 e. The van der Waals surface area contributed by atoms with Crippen molar-refractivity contribution in [3.63, 3.8) is 0 Å². The van der Waals surface area contributed by atoms with Gasteiger partial charge < -0.3 is 9.47 Å². The molecule has 0 aliphatic carbocycles. The second kappa shape index (κ2) is 8.31. The van der Waals surface area contributed by atoms with E-state index in [4.69, 9.17) is 17.3 Å². The van der Waals surface area contributed by atoms with Gasteiger partial charge >= 0.3 is 0 Å². The zero-order chi connectivity index (χ0) is 10.1. The maximum absolute atomic E-state index is 5.42. The Hall–Kier alpha value is -0.0151. The third-order valence-corrected chi connectivity index (χ3v) is 2.58. The molecule has 0 saturated carbocycles. The van der Waals surface area contributed by atoms with Crippen LogP contribution >= 0.6 is 0 Å². The number of rotatable bonds is 8.